The molecule has 1 aromatic carbocycles. The molecule has 0 aliphatic carbocycles. The largest absolute Gasteiger partial charge is 0.497 e. The van der Waals surface area contributed by atoms with Gasteiger partial charge < -0.3 is 19.5 Å². The molecule has 0 aliphatic heterocycles. The first-order valence-electron chi connectivity index (χ1n) is 6.16. The normalized spacial score (nSPS) is 10.4. The molecule has 0 fully saturated rings. The number of carbonyl (C=O) groups is 1. The van der Waals surface area contributed by atoms with Crippen LogP contribution in [0.15, 0.2) is 18.2 Å². The number of rotatable bonds is 7. The van der Waals surface area contributed by atoms with Crippen LogP contribution in [0.25, 0.3) is 0 Å². The van der Waals surface area contributed by atoms with Gasteiger partial charge in [-0.15, -0.1) is 0 Å². The van der Waals surface area contributed by atoms with Crippen molar-refractivity contribution >= 4 is 5.91 Å². The lowest BCUT2D eigenvalue weighted by atomic mass is 10.2. The molecule has 0 atom stereocenters. The van der Waals surface area contributed by atoms with Crippen LogP contribution < -0.4 is 14.8 Å². The first-order chi connectivity index (χ1) is 9.06. The summed E-state index contributed by atoms with van der Waals surface area (Å²) in [5.41, 5.74) is 0.890. The number of hydrogen-bond acceptors (Lipinski definition) is 4. The maximum Gasteiger partial charge on any atom is 0.246 e. The lowest BCUT2D eigenvalue weighted by molar-refractivity contribution is -0.127. The fraction of sp³-hybridized carbons (Fsp3) is 0.500. The van der Waals surface area contributed by atoms with Crippen LogP contribution in [0, 0.1) is 0 Å². The molecule has 5 nitrogen and oxygen atoms in total. The summed E-state index contributed by atoms with van der Waals surface area (Å²) in [4.78, 5) is 11.5. The Morgan fingerprint density at radius 2 is 2.00 bits per heavy atom. The average Bonchev–Trinajstić information content (AvgIpc) is 2.42. The second kappa shape index (κ2) is 7.63. The Morgan fingerprint density at radius 1 is 1.26 bits per heavy atom. The van der Waals surface area contributed by atoms with Crippen molar-refractivity contribution in [3.05, 3.63) is 23.8 Å². The number of ether oxygens (including phenoxy) is 3. The smallest absolute Gasteiger partial charge is 0.246 e. The van der Waals surface area contributed by atoms with Crippen LogP contribution in [-0.2, 0) is 16.1 Å². The maximum absolute atomic E-state index is 11.5. The first kappa shape index (κ1) is 15.3. The Morgan fingerprint density at radius 3 is 2.58 bits per heavy atom. The van der Waals surface area contributed by atoms with Gasteiger partial charge >= 0.3 is 0 Å². The topological polar surface area (TPSA) is 56.8 Å². The fourth-order valence-electron chi connectivity index (χ4n) is 1.49. The van der Waals surface area contributed by atoms with Crippen molar-refractivity contribution in [2.45, 2.75) is 26.5 Å². The minimum absolute atomic E-state index is 0.0428. The van der Waals surface area contributed by atoms with Crippen LogP contribution in [-0.4, -0.2) is 32.8 Å². The van der Waals surface area contributed by atoms with Gasteiger partial charge in [-0.05, 0) is 26.0 Å². The Balaban J connectivity index is 2.55. The molecule has 1 amide bonds. The number of carbonyl (C=O) groups excluding carboxylic acids is 1. The maximum atomic E-state index is 11.5. The van der Waals surface area contributed by atoms with E-state index in [0.717, 1.165) is 11.3 Å². The predicted molar refractivity (Wildman–Crippen MR) is 72.5 cm³/mol. The molecule has 0 saturated carbocycles. The van der Waals surface area contributed by atoms with Crippen LogP contribution in [0.5, 0.6) is 11.5 Å². The molecule has 1 aromatic rings. The van der Waals surface area contributed by atoms with E-state index in [1.54, 1.807) is 20.3 Å². The first-order valence-corrected chi connectivity index (χ1v) is 6.16. The van der Waals surface area contributed by atoms with Crippen molar-refractivity contribution in [1.82, 2.24) is 5.32 Å². The summed E-state index contributed by atoms with van der Waals surface area (Å²) in [6.07, 6.45) is 0.0428. The van der Waals surface area contributed by atoms with Crippen LogP contribution in [0.3, 0.4) is 0 Å². The minimum Gasteiger partial charge on any atom is -0.497 e. The highest BCUT2D eigenvalue weighted by Gasteiger charge is 2.07. The number of benzene rings is 1. The van der Waals surface area contributed by atoms with Crippen LogP contribution >= 0.6 is 0 Å². The second-order valence-corrected chi connectivity index (χ2v) is 4.31. The summed E-state index contributed by atoms with van der Waals surface area (Å²) in [5.74, 6) is 1.26. The zero-order chi connectivity index (χ0) is 14.3. The lowest BCUT2D eigenvalue weighted by Crippen LogP contribution is -2.28. The molecule has 1 rings (SSSR count). The van der Waals surface area contributed by atoms with E-state index in [9.17, 15) is 4.79 Å². The monoisotopic (exact) mass is 267 g/mol. The Kier molecular flexibility index (Phi) is 6.15. The Labute approximate surface area is 113 Å². The van der Waals surface area contributed by atoms with E-state index in [2.05, 4.69) is 5.32 Å². The van der Waals surface area contributed by atoms with Crippen LogP contribution in [0.4, 0.5) is 0 Å². The molecular weight excluding hydrogens is 246 g/mol. The highest BCUT2D eigenvalue weighted by molar-refractivity contribution is 5.77. The molecule has 0 aromatic heterocycles. The van der Waals surface area contributed by atoms with E-state index in [-0.39, 0.29) is 18.6 Å². The van der Waals surface area contributed by atoms with Crippen molar-refractivity contribution in [3.63, 3.8) is 0 Å². The average molecular weight is 267 g/mol. The Hall–Kier alpha value is -1.75. The van der Waals surface area contributed by atoms with Crippen molar-refractivity contribution in [1.29, 1.82) is 0 Å². The molecule has 1 N–H and O–H groups in total. The van der Waals surface area contributed by atoms with E-state index in [4.69, 9.17) is 14.2 Å². The van der Waals surface area contributed by atoms with Gasteiger partial charge in [0.15, 0.2) is 0 Å². The number of hydrogen-bond donors (Lipinski definition) is 1. The van der Waals surface area contributed by atoms with Gasteiger partial charge in [0, 0.05) is 18.2 Å². The van der Waals surface area contributed by atoms with Gasteiger partial charge in [0.25, 0.3) is 0 Å². The van der Waals surface area contributed by atoms with Crippen LogP contribution in [0.1, 0.15) is 19.4 Å². The SMILES string of the molecule is COc1ccc(CNC(=O)COC(C)C)c(OC)c1. The third kappa shape index (κ3) is 5.18. The summed E-state index contributed by atoms with van der Waals surface area (Å²) in [5, 5.41) is 2.78. The van der Waals surface area contributed by atoms with Crippen molar-refractivity contribution in [2.24, 2.45) is 0 Å². The molecule has 5 heteroatoms. The standard InChI is InChI=1S/C14H21NO4/c1-10(2)19-9-14(16)15-8-11-5-6-12(17-3)7-13(11)18-4/h5-7,10H,8-9H2,1-4H3,(H,15,16). The minimum atomic E-state index is -0.147. The van der Waals surface area contributed by atoms with E-state index >= 15 is 0 Å². The quantitative estimate of drug-likeness (QED) is 0.817. The van der Waals surface area contributed by atoms with E-state index in [1.165, 1.54) is 0 Å². The summed E-state index contributed by atoms with van der Waals surface area (Å²) >= 11 is 0. The molecule has 0 unspecified atom stereocenters. The van der Waals surface area contributed by atoms with Crippen LogP contribution in [0.2, 0.25) is 0 Å². The highest BCUT2D eigenvalue weighted by atomic mass is 16.5. The predicted octanol–water partition coefficient (Wildman–Crippen LogP) is 1.74. The zero-order valence-corrected chi connectivity index (χ0v) is 11.9. The molecule has 19 heavy (non-hydrogen) atoms. The summed E-state index contributed by atoms with van der Waals surface area (Å²) in [6.45, 7) is 4.24. The highest BCUT2D eigenvalue weighted by Crippen LogP contribution is 2.24. The summed E-state index contributed by atoms with van der Waals surface area (Å²) in [7, 11) is 3.18. The zero-order valence-electron chi connectivity index (χ0n) is 11.9. The molecule has 0 saturated heterocycles. The number of amides is 1. The van der Waals surface area contributed by atoms with Crippen molar-refractivity contribution in [3.8, 4) is 11.5 Å². The van der Waals surface area contributed by atoms with Gasteiger partial charge in [-0.3, -0.25) is 4.79 Å². The molecule has 0 heterocycles. The van der Waals surface area contributed by atoms with Gasteiger partial charge in [0.1, 0.15) is 18.1 Å². The van der Waals surface area contributed by atoms with Gasteiger partial charge in [-0.1, -0.05) is 0 Å². The number of methoxy groups -OCH3 is 2. The number of nitrogens with one attached hydrogen (secondary N) is 1. The third-order valence-electron chi connectivity index (χ3n) is 2.52. The van der Waals surface area contributed by atoms with E-state index in [1.807, 2.05) is 26.0 Å². The fourth-order valence-corrected chi connectivity index (χ4v) is 1.49. The van der Waals surface area contributed by atoms with Crippen molar-refractivity contribution in [2.75, 3.05) is 20.8 Å². The molecule has 0 bridgehead atoms. The summed E-state index contributed by atoms with van der Waals surface area (Å²) < 4.78 is 15.6. The van der Waals surface area contributed by atoms with E-state index in [0.29, 0.717) is 12.3 Å². The van der Waals surface area contributed by atoms with Gasteiger partial charge in [0.2, 0.25) is 5.91 Å². The third-order valence-corrected chi connectivity index (χ3v) is 2.52. The van der Waals surface area contributed by atoms with Gasteiger partial charge in [0.05, 0.1) is 20.3 Å². The van der Waals surface area contributed by atoms with Gasteiger partial charge in [-0.2, -0.15) is 0 Å². The second-order valence-electron chi connectivity index (χ2n) is 4.31. The molecule has 0 aliphatic rings. The molecule has 0 radical (unpaired) electrons. The van der Waals surface area contributed by atoms with E-state index < -0.39 is 0 Å². The molecule has 0 spiro atoms. The Bertz CT molecular complexity index is 418. The molecular formula is C14H21NO4. The lowest BCUT2D eigenvalue weighted by Gasteiger charge is -2.12. The molecule has 106 valence electrons. The van der Waals surface area contributed by atoms with Crippen molar-refractivity contribution < 1.29 is 19.0 Å². The van der Waals surface area contributed by atoms with Gasteiger partial charge in [-0.25, -0.2) is 0 Å². The summed E-state index contributed by atoms with van der Waals surface area (Å²) in [6, 6.07) is 5.47.